The molecule has 1 atom stereocenters. The number of urea groups is 1. The minimum Gasteiger partial charge on any atom is -0.457 e. The van der Waals surface area contributed by atoms with Crippen LogP contribution in [-0.2, 0) is 9.53 Å². The van der Waals surface area contributed by atoms with E-state index in [9.17, 15) is 14.4 Å². The number of carbonyl (C=O) groups is 3. The van der Waals surface area contributed by atoms with Crippen LogP contribution in [0.1, 0.15) is 29.1 Å². The average Bonchev–Trinajstić information content (AvgIpc) is 2.76. The van der Waals surface area contributed by atoms with Crippen molar-refractivity contribution in [3.05, 3.63) is 24.0 Å². The van der Waals surface area contributed by atoms with Gasteiger partial charge in [0.15, 0.2) is 5.69 Å². The number of amides is 3. The molecular weight excluding hydrogens is 266 g/mol. The van der Waals surface area contributed by atoms with E-state index >= 15 is 0 Å². The van der Waals surface area contributed by atoms with Gasteiger partial charge in [-0.25, -0.2) is 14.3 Å². The van der Waals surface area contributed by atoms with Crippen molar-refractivity contribution >= 4 is 17.9 Å². The van der Waals surface area contributed by atoms with Crippen LogP contribution in [0.15, 0.2) is 12.7 Å². The van der Waals surface area contributed by atoms with Crippen LogP contribution in [0.5, 0.6) is 0 Å². The fourth-order valence-corrected chi connectivity index (χ4v) is 1.44. The molecule has 9 heteroatoms. The molecule has 0 saturated carbocycles. The first kappa shape index (κ1) is 15.3. The van der Waals surface area contributed by atoms with Crippen LogP contribution in [0.3, 0.4) is 0 Å². The molecule has 0 aromatic carbocycles. The van der Waals surface area contributed by atoms with E-state index in [4.69, 9.17) is 10.5 Å². The van der Waals surface area contributed by atoms with E-state index in [0.717, 1.165) is 0 Å². The lowest BCUT2D eigenvalue weighted by atomic mass is 10.3. The number of nitrogens with zero attached hydrogens (tertiary/aromatic N) is 3. The Labute approximate surface area is 114 Å². The lowest BCUT2D eigenvalue weighted by Crippen LogP contribution is -2.39. The second-order valence-electron chi connectivity index (χ2n) is 3.88. The highest BCUT2D eigenvalue weighted by molar-refractivity contribution is 5.95. The average molecular weight is 281 g/mol. The SMILES string of the molecule is C=CCOC(=O)c1nnn(C(C)C(=O)NC(N)=O)c1C. The van der Waals surface area contributed by atoms with Crippen molar-refractivity contribution in [2.24, 2.45) is 5.73 Å². The van der Waals surface area contributed by atoms with E-state index in [1.807, 2.05) is 5.32 Å². The molecule has 0 saturated heterocycles. The van der Waals surface area contributed by atoms with Gasteiger partial charge >= 0.3 is 12.0 Å². The molecule has 9 nitrogen and oxygen atoms in total. The number of aromatic nitrogens is 3. The minimum absolute atomic E-state index is 0.00873. The smallest absolute Gasteiger partial charge is 0.361 e. The maximum absolute atomic E-state index is 11.6. The zero-order chi connectivity index (χ0) is 15.3. The van der Waals surface area contributed by atoms with Crippen LogP contribution in [0.2, 0.25) is 0 Å². The summed E-state index contributed by atoms with van der Waals surface area (Å²) in [5.74, 6) is -1.33. The predicted octanol–water partition coefficient (Wildman–Crippen LogP) is -0.315. The van der Waals surface area contributed by atoms with Crippen molar-refractivity contribution < 1.29 is 19.1 Å². The van der Waals surface area contributed by atoms with Crippen molar-refractivity contribution in [2.75, 3.05) is 6.61 Å². The van der Waals surface area contributed by atoms with Crippen LogP contribution in [0, 0.1) is 6.92 Å². The van der Waals surface area contributed by atoms with Gasteiger partial charge in [-0.1, -0.05) is 17.9 Å². The Morgan fingerprint density at radius 2 is 2.20 bits per heavy atom. The molecule has 0 fully saturated rings. The predicted molar refractivity (Wildman–Crippen MR) is 67.7 cm³/mol. The van der Waals surface area contributed by atoms with Crippen LogP contribution >= 0.6 is 0 Å². The van der Waals surface area contributed by atoms with Crippen LogP contribution in [0.25, 0.3) is 0 Å². The fraction of sp³-hybridized carbons (Fsp3) is 0.364. The van der Waals surface area contributed by atoms with Crippen LogP contribution < -0.4 is 11.1 Å². The number of hydrogen-bond acceptors (Lipinski definition) is 6. The standard InChI is InChI=1S/C11H15N5O4/c1-4-5-20-10(18)8-6(2)16(15-14-8)7(3)9(17)13-11(12)19/h4,7H,1,5H2,2-3H3,(H3,12,13,17,19). The van der Waals surface area contributed by atoms with Gasteiger partial charge in [0.05, 0.1) is 5.69 Å². The minimum atomic E-state index is -0.967. The Kier molecular flexibility index (Phi) is 4.95. The summed E-state index contributed by atoms with van der Waals surface area (Å²) in [6, 6.07) is -1.82. The molecule has 0 bridgehead atoms. The molecule has 0 aliphatic heterocycles. The van der Waals surface area contributed by atoms with Gasteiger partial charge < -0.3 is 10.5 Å². The number of primary amides is 1. The molecule has 1 aromatic rings. The van der Waals surface area contributed by atoms with E-state index in [2.05, 4.69) is 16.9 Å². The third-order valence-electron chi connectivity index (χ3n) is 2.45. The highest BCUT2D eigenvalue weighted by Gasteiger charge is 2.24. The molecule has 1 heterocycles. The first-order valence-corrected chi connectivity index (χ1v) is 5.68. The lowest BCUT2D eigenvalue weighted by Gasteiger charge is -2.11. The summed E-state index contributed by atoms with van der Waals surface area (Å²) in [6.45, 7) is 6.50. The molecule has 1 unspecified atom stereocenters. The summed E-state index contributed by atoms with van der Waals surface area (Å²) < 4.78 is 6.03. The largest absolute Gasteiger partial charge is 0.457 e. The van der Waals surface area contributed by atoms with Crippen molar-refractivity contribution in [1.29, 1.82) is 0 Å². The summed E-state index contributed by atoms with van der Waals surface area (Å²) in [4.78, 5) is 33.9. The van der Waals surface area contributed by atoms with Gasteiger partial charge in [0.1, 0.15) is 12.6 Å². The van der Waals surface area contributed by atoms with Crippen LogP contribution in [-0.4, -0.2) is 39.5 Å². The molecule has 0 spiro atoms. The number of rotatable bonds is 5. The van der Waals surface area contributed by atoms with Gasteiger partial charge in [-0.3, -0.25) is 10.1 Å². The maximum atomic E-state index is 11.6. The number of hydrogen-bond donors (Lipinski definition) is 2. The molecule has 108 valence electrons. The van der Waals surface area contributed by atoms with Gasteiger partial charge in [-0.05, 0) is 13.8 Å². The molecule has 0 aliphatic rings. The van der Waals surface area contributed by atoms with Gasteiger partial charge in [0.2, 0.25) is 0 Å². The van der Waals surface area contributed by atoms with E-state index in [-0.39, 0.29) is 12.3 Å². The van der Waals surface area contributed by atoms with Crippen molar-refractivity contribution in [3.8, 4) is 0 Å². The van der Waals surface area contributed by atoms with Crippen molar-refractivity contribution in [2.45, 2.75) is 19.9 Å². The second-order valence-corrected chi connectivity index (χ2v) is 3.88. The number of carbonyl (C=O) groups excluding carboxylic acids is 3. The number of ether oxygens (including phenoxy) is 1. The number of nitrogens with two attached hydrogens (primary N) is 1. The molecule has 1 aromatic heterocycles. The van der Waals surface area contributed by atoms with Gasteiger partial charge in [0, 0.05) is 0 Å². The summed E-state index contributed by atoms with van der Waals surface area (Å²) in [6.07, 6.45) is 1.42. The summed E-state index contributed by atoms with van der Waals surface area (Å²) in [5.41, 5.74) is 5.19. The van der Waals surface area contributed by atoms with Gasteiger partial charge in [-0.2, -0.15) is 0 Å². The van der Waals surface area contributed by atoms with Gasteiger partial charge in [-0.15, -0.1) is 5.10 Å². The first-order chi connectivity index (χ1) is 9.38. The Hall–Kier alpha value is -2.71. The molecular formula is C11H15N5O4. The van der Waals surface area contributed by atoms with Crippen molar-refractivity contribution in [1.82, 2.24) is 20.3 Å². The Morgan fingerprint density at radius 3 is 2.75 bits per heavy atom. The topological polar surface area (TPSA) is 129 Å². The highest BCUT2D eigenvalue weighted by Crippen LogP contribution is 2.12. The Bertz CT molecular complexity index is 551. The Balaban J connectivity index is 2.90. The zero-order valence-electron chi connectivity index (χ0n) is 11.1. The summed E-state index contributed by atoms with van der Waals surface area (Å²) >= 11 is 0. The monoisotopic (exact) mass is 281 g/mol. The lowest BCUT2D eigenvalue weighted by molar-refractivity contribution is -0.123. The number of esters is 1. The third-order valence-corrected chi connectivity index (χ3v) is 2.45. The third kappa shape index (κ3) is 3.40. The molecule has 3 N–H and O–H groups in total. The Morgan fingerprint density at radius 1 is 1.55 bits per heavy atom. The molecule has 3 amide bonds. The second kappa shape index (κ2) is 6.45. The molecule has 0 aliphatic carbocycles. The molecule has 0 radical (unpaired) electrons. The van der Waals surface area contributed by atoms with E-state index < -0.39 is 23.9 Å². The fourth-order valence-electron chi connectivity index (χ4n) is 1.44. The number of nitrogens with one attached hydrogen (secondary N) is 1. The first-order valence-electron chi connectivity index (χ1n) is 5.68. The van der Waals surface area contributed by atoms with E-state index in [1.165, 1.54) is 17.7 Å². The normalized spacial score (nSPS) is 11.5. The highest BCUT2D eigenvalue weighted by atomic mass is 16.5. The summed E-state index contributed by atoms with van der Waals surface area (Å²) in [7, 11) is 0. The summed E-state index contributed by atoms with van der Waals surface area (Å²) in [5, 5.41) is 9.28. The van der Waals surface area contributed by atoms with Crippen LogP contribution in [0.4, 0.5) is 4.79 Å². The zero-order valence-corrected chi connectivity index (χ0v) is 11.1. The van der Waals surface area contributed by atoms with E-state index in [1.54, 1.807) is 6.92 Å². The quantitative estimate of drug-likeness (QED) is 0.562. The van der Waals surface area contributed by atoms with E-state index in [0.29, 0.717) is 5.69 Å². The number of imide groups is 1. The molecule has 1 rings (SSSR count). The maximum Gasteiger partial charge on any atom is 0.361 e. The van der Waals surface area contributed by atoms with Crippen molar-refractivity contribution in [3.63, 3.8) is 0 Å². The van der Waals surface area contributed by atoms with Gasteiger partial charge in [0.25, 0.3) is 5.91 Å². The molecule has 20 heavy (non-hydrogen) atoms.